The smallest absolute Gasteiger partial charge is 0.240 e. The number of nitrogens with zero attached hydrogens (tertiary/aromatic N) is 1. The number of nitrogens with two attached hydrogens (primary N) is 2. The predicted octanol–water partition coefficient (Wildman–Crippen LogP) is 2.14. The molecule has 1 aromatic heterocycles. The minimum absolute atomic E-state index is 0.0562. The highest BCUT2D eigenvalue weighted by Crippen LogP contribution is 2.41. The first kappa shape index (κ1) is 14.1. The summed E-state index contributed by atoms with van der Waals surface area (Å²) in [7, 11) is 0. The standard InChI is InChI=1S/C15H25N3O/c1-9(2)13(14(17)19)18-6-5-10-11(16)7-15(3,4)8-12(10)18/h5-6,9,11,13H,7-8,16H2,1-4H3,(H2,17,19). The normalized spacial score (nSPS) is 23.2. The average molecular weight is 263 g/mol. The second-order valence-electron chi connectivity index (χ2n) is 6.87. The molecule has 0 radical (unpaired) electrons. The Morgan fingerprint density at radius 2 is 2.11 bits per heavy atom. The molecule has 1 aliphatic carbocycles. The van der Waals surface area contributed by atoms with Gasteiger partial charge in [0.15, 0.2) is 0 Å². The van der Waals surface area contributed by atoms with Gasteiger partial charge in [0, 0.05) is 17.9 Å². The maximum atomic E-state index is 11.7. The van der Waals surface area contributed by atoms with Gasteiger partial charge in [0.1, 0.15) is 6.04 Å². The molecule has 4 nitrogen and oxygen atoms in total. The number of aromatic nitrogens is 1. The molecule has 4 N–H and O–H groups in total. The van der Waals surface area contributed by atoms with E-state index in [1.54, 1.807) is 0 Å². The van der Waals surface area contributed by atoms with Crippen molar-refractivity contribution >= 4 is 5.91 Å². The van der Waals surface area contributed by atoms with Gasteiger partial charge in [0.2, 0.25) is 5.91 Å². The molecule has 0 aliphatic heterocycles. The fourth-order valence-electron chi connectivity index (χ4n) is 3.30. The van der Waals surface area contributed by atoms with Crippen LogP contribution in [0.3, 0.4) is 0 Å². The Kier molecular flexibility index (Phi) is 3.47. The van der Waals surface area contributed by atoms with Gasteiger partial charge in [0.05, 0.1) is 0 Å². The molecule has 0 fully saturated rings. The zero-order valence-electron chi connectivity index (χ0n) is 12.3. The molecule has 0 saturated carbocycles. The Morgan fingerprint density at radius 3 is 2.63 bits per heavy atom. The summed E-state index contributed by atoms with van der Waals surface area (Å²) in [5.41, 5.74) is 14.4. The first-order chi connectivity index (χ1) is 8.73. The Labute approximate surface area is 115 Å². The van der Waals surface area contributed by atoms with Crippen molar-refractivity contribution in [3.8, 4) is 0 Å². The Bertz CT molecular complexity index is 488. The largest absolute Gasteiger partial charge is 0.368 e. The van der Waals surface area contributed by atoms with Crippen molar-refractivity contribution in [2.45, 2.75) is 52.6 Å². The lowest BCUT2D eigenvalue weighted by molar-refractivity contribution is -0.122. The molecular weight excluding hydrogens is 238 g/mol. The summed E-state index contributed by atoms with van der Waals surface area (Å²) < 4.78 is 2.04. The van der Waals surface area contributed by atoms with Crippen molar-refractivity contribution in [2.24, 2.45) is 22.8 Å². The molecule has 1 aromatic rings. The third-order valence-electron chi connectivity index (χ3n) is 4.10. The van der Waals surface area contributed by atoms with E-state index < -0.39 is 0 Å². The predicted molar refractivity (Wildman–Crippen MR) is 76.5 cm³/mol. The minimum atomic E-state index is -0.287. The van der Waals surface area contributed by atoms with Crippen molar-refractivity contribution in [1.29, 1.82) is 0 Å². The average Bonchev–Trinajstić information content (AvgIpc) is 2.59. The highest BCUT2D eigenvalue weighted by atomic mass is 16.1. The van der Waals surface area contributed by atoms with E-state index in [4.69, 9.17) is 11.5 Å². The summed E-state index contributed by atoms with van der Waals surface area (Å²) in [6.07, 6.45) is 3.90. The molecule has 1 aliphatic rings. The van der Waals surface area contributed by atoms with Gasteiger partial charge < -0.3 is 16.0 Å². The number of amides is 1. The minimum Gasteiger partial charge on any atom is -0.368 e. The van der Waals surface area contributed by atoms with Crippen LogP contribution in [-0.2, 0) is 11.2 Å². The van der Waals surface area contributed by atoms with Crippen molar-refractivity contribution in [2.75, 3.05) is 0 Å². The molecule has 1 amide bonds. The summed E-state index contributed by atoms with van der Waals surface area (Å²) in [5, 5.41) is 0. The van der Waals surface area contributed by atoms with Gasteiger partial charge in [-0.2, -0.15) is 0 Å². The summed E-state index contributed by atoms with van der Waals surface area (Å²) >= 11 is 0. The second kappa shape index (κ2) is 4.67. The molecule has 1 heterocycles. The van der Waals surface area contributed by atoms with Gasteiger partial charge in [-0.3, -0.25) is 4.79 Å². The van der Waals surface area contributed by atoms with Crippen LogP contribution < -0.4 is 11.5 Å². The van der Waals surface area contributed by atoms with Gasteiger partial charge in [-0.05, 0) is 35.8 Å². The molecule has 2 rings (SSSR count). The lowest BCUT2D eigenvalue weighted by Gasteiger charge is -2.36. The quantitative estimate of drug-likeness (QED) is 0.876. The first-order valence-electron chi connectivity index (χ1n) is 6.97. The van der Waals surface area contributed by atoms with E-state index in [9.17, 15) is 4.79 Å². The Hall–Kier alpha value is -1.29. The number of carbonyl (C=O) groups is 1. The van der Waals surface area contributed by atoms with Gasteiger partial charge in [-0.25, -0.2) is 0 Å². The molecule has 0 saturated heterocycles. The van der Waals surface area contributed by atoms with E-state index in [2.05, 4.69) is 13.8 Å². The molecule has 2 atom stereocenters. The van der Waals surface area contributed by atoms with Crippen LogP contribution in [0.15, 0.2) is 12.3 Å². The maximum Gasteiger partial charge on any atom is 0.240 e. The second-order valence-corrected chi connectivity index (χ2v) is 6.87. The van der Waals surface area contributed by atoms with E-state index in [-0.39, 0.29) is 29.3 Å². The molecule has 2 unspecified atom stereocenters. The van der Waals surface area contributed by atoms with Gasteiger partial charge in [-0.1, -0.05) is 27.7 Å². The van der Waals surface area contributed by atoms with Crippen LogP contribution in [0, 0.1) is 11.3 Å². The molecule has 0 aromatic carbocycles. The maximum absolute atomic E-state index is 11.7. The molecular formula is C15H25N3O. The van der Waals surface area contributed by atoms with Gasteiger partial charge in [-0.15, -0.1) is 0 Å². The summed E-state index contributed by atoms with van der Waals surface area (Å²) in [4.78, 5) is 11.7. The van der Waals surface area contributed by atoms with E-state index in [0.717, 1.165) is 12.8 Å². The number of hydrogen-bond acceptors (Lipinski definition) is 2. The van der Waals surface area contributed by atoms with Crippen LogP contribution in [0.1, 0.15) is 57.5 Å². The molecule has 4 heteroatoms. The van der Waals surface area contributed by atoms with Crippen LogP contribution in [-0.4, -0.2) is 10.5 Å². The molecule has 19 heavy (non-hydrogen) atoms. The van der Waals surface area contributed by atoms with Crippen molar-refractivity contribution in [3.63, 3.8) is 0 Å². The van der Waals surface area contributed by atoms with Gasteiger partial charge >= 0.3 is 0 Å². The summed E-state index contributed by atoms with van der Waals surface area (Å²) in [6.45, 7) is 8.50. The van der Waals surface area contributed by atoms with Crippen molar-refractivity contribution in [3.05, 3.63) is 23.5 Å². The fourth-order valence-corrected chi connectivity index (χ4v) is 3.30. The van der Waals surface area contributed by atoms with Crippen LogP contribution in [0.25, 0.3) is 0 Å². The number of rotatable bonds is 3. The van der Waals surface area contributed by atoms with Crippen LogP contribution in [0.2, 0.25) is 0 Å². The number of carbonyl (C=O) groups excluding carboxylic acids is 1. The molecule has 106 valence electrons. The van der Waals surface area contributed by atoms with Gasteiger partial charge in [0.25, 0.3) is 0 Å². The van der Waals surface area contributed by atoms with E-state index in [0.29, 0.717) is 0 Å². The SMILES string of the molecule is CC(C)C(C(N)=O)n1ccc2c1CC(C)(C)CC2N. The first-order valence-corrected chi connectivity index (χ1v) is 6.97. The Morgan fingerprint density at radius 1 is 1.47 bits per heavy atom. The number of hydrogen-bond donors (Lipinski definition) is 2. The fraction of sp³-hybridized carbons (Fsp3) is 0.667. The monoisotopic (exact) mass is 263 g/mol. The van der Waals surface area contributed by atoms with Crippen molar-refractivity contribution < 1.29 is 4.79 Å². The molecule has 0 bridgehead atoms. The number of primary amides is 1. The number of fused-ring (bicyclic) bond motifs is 1. The van der Waals surface area contributed by atoms with Crippen molar-refractivity contribution in [1.82, 2.24) is 4.57 Å². The lowest BCUT2D eigenvalue weighted by Crippen LogP contribution is -2.35. The third-order valence-corrected chi connectivity index (χ3v) is 4.10. The summed E-state index contributed by atoms with van der Waals surface area (Å²) in [5.74, 6) is -0.0967. The zero-order valence-corrected chi connectivity index (χ0v) is 12.3. The Balaban J connectivity index is 2.48. The zero-order chi connectivity index (χ0) is 14.4. The van der Waals surface area contributed by atoms with Crippen LogP contribution >= 0.6 is 0 Å². The lowest BCUT2D eigenvalue weighted by atomic mass is 9.74. The molecule has 0 spiro atoms. The third kappa shape index (κ3) is 2.54. The van der Waals surface area contributed by atoms with Crippen LogP contribution in [0.4, 0.5) is 0 Å². The highest BCUT2D eigenvalue weighted by molar-refractivity contribution is 5.78. The van der Waals surface area contributed by atoms with E-state index in [1.165, 1.54) is 11.3 Å². The van der Waals surface area contributed by atoms with Crippen LogP contribution in [0.5, 0.6) is 0 Å². The highest BCUT2D eigenvalue weighted by Gasteiger charge is 2.35. The summed E-state index contributed by atoms with van der Waals surface area (Å²) in [6, 6.07) is 1.82. The van der Waals surface area contributed by atoms with E-state index in [1.807, 2.05) is 30.7 Å². The topological polar surface area (TPSA) is 74.0 Å². The van der Waals surface area contributed by atoms with E-state index >= 15 is 0 Å².